The summed E-state index contributed by atoms with van der Waals surface area (Å²) in [5.74, 6) is -0.225. The minimum atomic E-state index is -0.359. The fraction of sp³-hybridized carbons (Fsp3) is 0.167. The van der Waals surface area contributed by atoms with Crippen LogP contribution in [-0.4, -0.2) is 18.2 Å². The molecular formula is C18H19ClO3. The number of ether oxygens (including phenoxy) is 1. The molecule has 0 aromatic heterocycles. The van der Waals surface area contributed by atoms with Crippen molar-refractivity contribution in [2.24, 2.45) is 0 Å². The molecule has 3 nitrogen and oxygen atoms in total. The zero-order chi connectivity index (χ0) is 16.5. The van der Waals surface area contributed by atoms with E-state index in [0.717, 1.165) is 11.1 Å². The number of halogens is 1. The van der Waals surface area contributed by atoms with Crippen molar-refractivity contribution in [3.63, 3.8) is 0 Å². The summed E-state index contributed by atoms with van der Waals surface area (Å²) >= 11 is 6.01. The highest BCUT2D eigenvalue weighted by atomic mass is 35.5. The van der Waals surface area contributed by atoms with Gasteiger partial charge < -0.3 is 9.84 Å². The largest absolute Gasteiger partial charge is 0.508 e. The SMILES string of the molecule is CC.COC(=O)c1ccc(/C=C/c2ccc(O)cc2Cl)cc1. The fourth-order valence-corrected chi connectivity index (χ4v) is 1.92. The molecule has 2 rings (SSSR count). The van der Waals surface area contributed by atoms with Crippen molar-refractivity contribution in [3.8, 4) is 5.75 Å². The average molecular weight is 319 g/mol. The third-order valence-corrected chi connectivity index (χ3v) is 3.10. The number of phenols is 1. The standard InChI is InChI=1S/C16H13ClO3.C2H6/c1-20-16(19)13-6-3-11(4-7-13)2-5-12-8-9-14(18)10-15(12)17;1-2/h2-10,18H,1H3;1-2H3/b5-2+;. The first-order chi connectivity index (χ1) is 10.6. The van der Waals surface area contributed by atoms with Crippen molar-refractivity contribution in [1.82, 2.24) is 0 Å². The minimum absolute atomic E-state index is 0.134. The van der Waals surface area contributed by atoms with Gasteiger partial charge in [0.05, 0.1) is 17.7 Å². The Morgan fingerprint density at radius 2 is 1.73 bits per heavy atom. The molecule has 0 saturated carbocycles. The molecule has 0 aliphatic heterocycles. The molecule has 0 saturated heterocycles. The van der Waals surface area contributed by atoms with Gasteiger partial charge in [0.15, 0.2) is 0 Å². The van der Waals surface area contributed by atoms with Gasteiger partial charge in [-0.05, 0) is 41.5 Å². The van der Waals surface area contributed by atoms with Crippen molar-refractivity contribution in [3.05, 3.63) is 64.2 Å². The normalized spacial score (nSPS) is 10.0. The van der Waals surface area contributed by atoms with Crippen LogP contribution in [0, 0.1) is 0 Å². The summed E-state index contributed by atoms with van der Waals surface area (Å²) in [5, 5.41) is 9.76. The smallest absolute Gasteiger partial charge is 0.337 e. The average Bonchev–Trinajstić information content (AvgIpc) is 2.55. The highest BCUT2D eigenvalue weighted by Crippen LogP contribution is 2.23. The van der Waals surface area contributed by atoms with Gasteiger partial charge in [0.1, 0.15) is 5.75 Å². The third-order valence-electron chi connectivity index (χ3n) is 2.77. The lowest BCUT2D eigenvalue weighted by atomic mass is 10.1. The topological polar surface area (TPSA) is 46.5 Å². The molecule has 116 valence electrons. The fourth-order valence-electron chi connectivity index (χ4n) is 1.69. The second-order valence-electron chi connectivity index (χ2n) is 4.15. The predicted molar refractivity (Wildman–Crippen MR) is 91.2 cm³/mol. The Morgan fingerprint density at radius 3 is 2.27 bits per heavy atom. The molecule has 0 heterocycles. The van der Waals surface area contributed by atoms with Gasteiger partial charge >= 0.3 is 5.97 Å². The maximum atomic E-state index is 11.3. The van der Waals surface area contributed by atoms with Gasteiger partial charge in [-0.2, -0.15) is 0 Å². The van der Waals surface area contributed by atoms with E-state index in [9.17, 15) is 9.90 Å². The number of benzene rings is 2. The van der Waals surface area contributed by atoms with Crippen molar-refractivity contribution >= 4 is 29.7 Å². The molecule has 0 unspecified atom stereocenters. The van der Waals surface area contributed by atoms with Crippen LogP contribution in [0.2, 0.25) is 5.02 Å². The van der Waals surface area contributed by atoms with Crippen molar-refractivity contribution in [1.29, 1.82) is 0 Å². The third kappa shape index (κ3) is 4.93. The van der Waals surface area contributed by atoms with Crippen LogP contribution < -0.4 is 0 Å². The predicted octanol–water partition coefficient (Wildman–Crippen LogP) is 5.03. The van der Waals surface area contributed by atoms with E-state index in [2.05, 4.69) is 4.74 Å². The van der Waals surface area contributed by atoms with E-state index in [1.807, 2.05) is 38.1 Å². The number of carbonyl (C=O) groups excluding carboxylic acids is 1. The van der Waals surface area contributed by atoms with Gasteiger partial charge in [0.25, 0.3) is 0 Å². The second kappa shape index (κ2) is 8.90. The molecule has 0 bridgehead atoms. The summed E-state index contributed by atoms with van der Waals surface area (Å²) < 4.78 is 4.63. The molecule has 0 aliphatic carbocycles. The van der Waals surface area contributed by atoms with Crippen LogP contribution in [0.5, 0.6) is 5.75 Å². The van der Waals surface area contributed by atoms with Crippen LogP contribution in [0.3, 0.4) is 0 Å². The molecule has 0 radical (unpaired) electrons. The van der Waals surface area contributed by atoms with Gasteiger partial charge in [0, 0.05) is 0 Å². The van der Waals surface area contributed by atoms with E-state index < -0.39 is 0 Å². The monoisotopic (exact) mass is 318 g/mol. The lowest BCUT2D eigenvalue weighted by molar-refractivity contribution is 0.0600. The molecule has 0 fully saturated rings. The van der Waals surface area contributed by atoms with E-state index in [1.165, 1.54) is 13.2 Å². The summed E-state index contributed by atoms with van der Waals surface area (Å²) in [6.45, 7) is 4.00. The van der Waals surface area contributed by atoms with Crippen molar-refractivity contribution in [2.75, 3.05) is 7.11 Å². The van der Waals surface area contributed by atoms with Crippen LogP contribution in [0.15, 0.2) is 42.5 Å². The molecule has 4 heteroatoms. The van der Waals surface area contributed by atoms with Gasteiger partial charge in [-0.3, -0.25) is 0 Å². The zero-order valence-electron chi connectivity index (χ0n) is 12.8. The lowest BCUT2D eigenvalue weighted by Crippen LogP contribution is -2.00. The first kappa shape index (κ1) is 17.8. The summed E-state index contributed by atoms with van der Waals surface area (Å²) in [5.41, 5.74) is 2.25. The van der Waals surface area contributed by atoms with Gasteiger partial charge in [-0.25, -0.2) is 4.79 Å². The number of hydrogen-bond acceptors (Lipinski definition) is 3. The number of esters is 1. The van der Waals surface area contributed by atoms with E-state index in [4.69, 9.17) is 11.6 Å². The summed E-state index contributed by atoms with van der Waals surface area (Å²) in [6.07, 6.45) is 3.72. The minimum Gasteiger partial charge on any atom is -0.508 e. The van der Waals surface area contributed by atoms with Crippen molar-refractivity contribution < 1.29 is 14.6 Å². The first-order valence-corrected chi connectivity index (χ1v) is 7.33. The molecule has 0 atom stereocenters. The van der Waals surface area contributed by atoms with E-state index in [1.54, 1.807) is 24.3 Å². The molecule has 2 aromatic carbocycles. The maximum absolute atomic E-state index is 11.3. The summed E-state index contributed by atoms with van der Waals surface area (Å²) in [6, 6.07) is 11.8. The Morgan fingerprint density at radius 1 is 1.09 bits per heavy atom. The van der Waals surface area contributed by atoms with Crippen LogP contribution in [-0.2, 0) is 4.74 Å². The van der Waals surface area contributed by atoms with Gasteiger partial charge in [-0.1, -0.05) is 49.7 Å². The van der Waals surface area contributed by atoms with Gasteiger partial charge in [-0.15, -0.1) is 0 Å². The molecule has 0 aliphatic rings. The van der Waals surface area contributed by atoms with E-state index in [0.29, 0.717) is 10.6 Å². The van der Waals surface area contributed by atoms with E-state index in [-0.39, 0.29) is 11.7 Å². The molecule has 0 spiro atoms. The van der Waals surface area contributed by atoms with Crippen molar-refractivity contribution in [2.45, 2.75) is 13.8 Å². The highest BCUT2D eigenvalue weighted by molar-refractivity contribution is 6.32. The lowest BCUT2D eigenvalue weighted by Gasteiger charge is -2.01. The molecular weight excluding hydrogens is 300 g/mol. The first-order valence-electron chi connectivity index (χ1n) is 6.95. The van der Waals surface area contributed by atoms with Crippen LogP contribution in [0.4, 0.5) is 0 Å². The second-order valence-corrected chi connectivity index (χ2v) is 4.56. The van der Waals surface area contributed by atoms with Crippen LogP contribution in [0.25, 0.3) is 12.2 Å². The molecule has 1 N–H and O–H groups in total. The number of aromatic hydroxyl groups is 1. The summed E-state index contributed by atoms with van der Waals surface area (Å²) in [4.78, 5) is 11.3. The Kier molecular flexibility index (Phi) is 7.20. The zero-order valence-corrected chi connectivity index (χ0v) is 13.6. The van der Waals surface area contributed by atoms with E-state index >= 15 is 0 Å². The number of hydrogen-bond donors (Lipinski definition) is 1. The number of phenolic OH excluding ortho intramolecular Hbond substituents is 1. The summed E-state index contributed by atoms with van der Waals surface area (Å²) in [7, 11) is 1.35. The quantitative estimate of drug-likeness (QED) is 0.638. The number of carbonyl (C=O) groups is 1. The Labute approximate surface area is 135 Å². The number of rotatable bonds is 3. The Balaban J connectivity index is 0.00000116. The number of methoxy groups -OCH3 is 1. The van der Waals surface area contributed by atoms with Crippen LogP contribution >= 0.6 is 11.6 Å². The molecule has 0 amide bonds. The highest BCUT2D eigenvalue weighted by Gasteiger charge is 2.03. The van der Waals surface area contributed by atoms with Crippen LogP contribution in [0.1, 0.15) is 35.3 Å². The Bertz CT molecular complexity index is 646. The maximum Gasteiger partial charge on any atom is 0.337 e. The molecule has 2 aromatic rings. The molecule has 22 heavy (non-hydrogen) atoms. The van der Waals surface area contributed by atoms with Gasteiger partial charge in [0.2, 0.25) is 0 Å². The Hall–Kier alpha value is -2.26.